The van der Waals surface area contributed by atoms with E-state index in [-0.39, 0.29) is 22.8 Å². The Labute approximate surface area is 157 Å². The van der Waals surface area contributed by atoms with E-state index in [1.54, 1.807) is 6.92 Å². The van der Waals surface area contributed by atoms with Gasteiger partial charge in [-0.25, -0.2) is 4.79 Å². The molecule has 0 amide bonds. The van der Waals surface area contributed by atoms with E-state index in [1.165, 1.54) is 12.8 Å². The number of carbonyl (C=O) groups is 1. The summed E-state index contributed by atoms with van der Waals surface area (Å²) in [6, 6.07) is 0. The van der Waals surface area contributed by atoms with E-state index >= 15 is 0 Å². The maximum Gasteiger partial charge on any atom is 0.333 e. The zero-order chi connectivity index (χ0) is 18.4. The molecule has 3 unspecified atom stereocenters. The normalized spacial score (nSPS) is 43.2. The SMILES string of the molecule is C=C(C)C(=O)OC12CC3CC(CC(OCCCC4(CC)CCO4)(C3)C1)C2. The fourth-order valence-corrected chi connectivity index (χ4v) is 6.39. The lowest BCUT2D eigenvalue weighted by atomic mass is 9.52. The molecule has 4 bridgehead atoms. The van der Waals surface area contributed by atoms with Crippen molar-refractivity contribution in [1.29, 1.82) is 0 Å². The van der Waals surface area contributed by atoms with Crippen molar-refractivity contribution >= 4 is 5.97 Å². The third-order valence-corrected chi connectivity index (χ3v) is 7.41. The Hall–Kier alpha value is -0.870. The Morgan fingerprint density at radius 1 is 1.19 bits per heavy atom. The third kappa shape index (κ3) is 3.35. The Balaban J connectivity index is 1.37. The van der Waals surface area contributed by atoms with Crippen molar-refractivity contribution in [3.8, 4) is 0 Å². The van der Waals surface area contributed by atoms with Gasteiger partial charge in [-0.1, -0.05) is 13.5 Å². The first kappa shape index (κ1) is 18.5. The molecule has 4 nitrogen and oxygen atoms in total. The lowest BCUT2D eigenvalue weighted by Gasteiger charge is -2.60. The van der Waals surface area contributed by atoms with Crippen molar-refractivity contribution in [2.75, 3.05) is 13.2 Å². The maximum absolute atomic E-state index is 12.2. The standard InChI is InChI=1S/C22H34O4/c1-4-20(7-9-25-20)6-5-8-24-21-11-17-10-18(12-21)14-22(13-17,15-21)26-19(23)16(2)3/h17-18H,2,4-15H2,1,3H3. The Bertz CT molecular complexity index is 557. The Morgan fingerprint density at radius 2 is 1.85 bits per heavy atom. The highest BCUT2D eigenvalue weighted by Crippen LogP contribution is 2.60. The van der Waals surface area contributed by atoms with E-state index in [9.17, 15) is 4.79 Å². The van der Waals surface area contributed by atoms with E-state index in [0.717, 1.165) is 64.6 Å². The molecule has 0 radical (unpaired) electrons. The fourth-order valence-electron chi connectivity index (χ4n) is 6.39. The van der Waals surface area contributed by atoms with Gasteiger partial charge in [-0.3, -0.25) is 0 Å². The van der Waals surface area contributed by atoms with Crippen LogP contribution in [0.3, 0.4) is 0 Å². The largest absolute Gasteiger partial charge is 0.456 e. The first-order valence-corrected chi connectivity index (χ1v) is 10.5. The van der Waals surface area contributed by atoms with Gasteiger partial charge in [-0.15, -0.1) is 0 Å². The topological polar surface area (TPSA) is 44.8 Å². The molecule has 5 aliphatic rings. The fraction of sp³-hybridized carbons (Fsp3) is 0.864. The molecule has 5 rings (SSSR count). The average molecular weight is 363 g/mol. The van der Waals surface area contributed by atoms with Crippen LogP contribution in [0.2, 0.25) is 0 Å². The zero-order valence-electron chi connectivity index (χ0n) is 16.5. The van der Waals surface area contributed by atoms with Gasteiger partial charge in [0.1, 0.15) is 5.60 Å². The highest BCUT2D eigenvalue weighted by molar-refractivity contribution is 5.87. The molecule has 4 saturated carbocycles. The second-order valence-electron chi connectivity index (χ2n) is 9.58. The number of carbonyl (C=O) groups excluding carboxylic acids is 1. The van der Waals surface area contributed by atoms with E-state index < -0.39 is 0 Å². The number of hydrogen-bond donors (Lipinski definition) is 0. The minimum Gasteiger partial charge on any atom is -0.456 e. The monoisotopic (exact) mass is 362 g/mol. The first-order chi connectivity index (χ1) is 12.4. The molecule has 3 atom stereocenters. The summed E-state index contributed by atoms with van der Waals surface area (Å²) in [5.41, 5.74) is 0.255. The maximum atomic E-state index is 12.2. The number of hydrogen-bond acceptors (Lipinski definition) is 4. The van der Waals surface area contributed by atoms with Crippen LogP contribution >= 0.6 is 0 Å². The smallest absolute Gasteiger partial charge is 0.333 e. The Kier molecular flexibility index (Phi) is 4.71. The molecule has 4 aliphatic carbocycles. The van der Waals surface area contributed by atoms with E-state index in [4.69, 9.17) is 14.2 Å². The van der Waals surface area contributed by atoms with Crippen LogP contribution in [0.25, 0.3) is 0 Å². The molecule has 1 heterocycles. The van der Waals surface area contributed by atoms with Crippen LogP contribution in [-0.2, 0) is 19.0 Å². The van der Waals surface area contributed by atoms with Crippen molar-refractivity contribution in [2.24, 2.45) is 11.8 Å². The molecule has 1 saturated heterocycles. The predicted molar refractivity (Wildman–Crippen MR) is 99.8 cm³/mol. The molecule has 26 heavy (non-hydrogen) atoms. The summed E-state index contributed by atoms with van der Waals surface area (Å²) in [4.78, 5) is 12.2. The van der Waals surface area contributed by atoms with Gasteiger partial charge in [0.25, 0.3) is 0 Å². The summed E-state index contributed by atoms with van der Waals surface area (Å²) in [6.45, 7) is 9.43. The second-order valence-corrected chi connectivity index (χ2v) is 9.58. The molecule has 0 aromatic rings. The molecule has 0 aromatic carbocycles. The van der Waals surface area contributed by atoms with E-state index in [1.807, 2.05) is 0 Å². The number of rotatable bonds is 8. The van der Waals surface area contributed by atoms with Gasteiger partial charge >= 0.3 is 5.97 Å². The van der Waals surface area contributed by atoms with Crippen molar-refractivity contribution in [2.45, 2.75) is 94.9 Å². The third-order valence-electron chi connectivity index (χ3n) is 7.41. The molecule has 0 spiro atoms. The van der Waals surface area contributed by atoms with Crippen LogP contribution in [0, 0.1) is 11.8 Å². The summed E-state index contributed by atoms with van der Waals surface area (Å²) in [7, 11) is 0. The molecule has 1 aliphatic heterocycles. The quantitative estimate of drug-likeness (QED) is 0.361. The second kappa shape index (κ2) is 6.63. The van der Waals surface area contributed by atoms with Crippen LogP contribution < -0.4 is 0 Å². The highest BCUT2D eigenvalue weighted by atomic mass is 16.6. The van der Waals surface area contributed by atoms with E-state index in [2.05, 4.69) is 13.5 Å². The van der Waals surface area contributed by atoms with Gasteiger partial charge in [0, 0.05) is 18.6 Å². The Morgan fingerprint density at radius 3 is 2.38 bits per heavy atom. The van der Waals surface area contributed by atoms with Gasteiger partial charge in [0.05, 0.1) is 17.8 Å². The van der Waals surface area contributed by atoms with Gasteiger partial charge in [0.15, 0.2) is 0 Å². The molecular formula is C22H34O4. The van der Waals surface area contributed by atoms with Crippen molar-refractivity contribution in [3.63, 3.8) is 0 Å². The minimum absolute atomic E-state index is 0.0702. The summed E-state index contributed by atoms with van der Waals surface area (Å²) in [5.74, 6) is 1.06. The highest BCUT2D eigenvalue weighted by Gasteiger charge is 2.60. The minimum atomic E-state index is -0.304. The zero-order valence-corrected chi connectivity index (χ0v) is 16.5. The predicted octanol–water partition coefficient (Wildman–Crippen LogP) is 4.56. The number of ether oxygens (including phenoxy) is 3. The van der Waals surface area contributed by atoms with Crippen molar-refractivity contribution in [1.82, 2.24) is 0 Å². The van der Waals surface area contributed by atoms with Gasteiger partial charge < -0.3 is 14.2 Å². The molecule has 0 N–H and O–H groups in total. The lowest BCUT2D eigenvalue weighted by Crippen LogP contribution is -2.61. The van der Waals surface area contributed by atoms with Crippen LogP contribution in [0.15, 0.2) is 12.2 Å². The molecular weight excluding hydrogens is 328 g/mol. The summed E-state index contributed by atoms with van der Waals surface area (Å²) in [6.07, 6.45) is 10.9. The van der Waals surface area contributed by atoms with Crippen LogP contribution in [0.5, 0.6) is 0 Å². The van der Waals surface area contributed by atoms with E-state index in [0.29, 0.717) is 17.4 Å². The van der Waals surface area contributed by atoms with Gasteiger partial charge in [-0.2, -0.15) is 0 Å². The summed E-state index contributed by atoms with van der Waals surface area (Å²) < 4.78 is 18.4. The summed E-state index contributed by atoms with van der Waals surface area (Å²) in [5, 5.41) is 0. The average Bonchev–Trinajstić information content (AvgIpc) is 2.51. The molecule has 0 aromatic heterocycles. The van der Waals surface area contributed by atoms with Crippen molar-refractivity contribution in [3.05, 3.63) is 12.2 Å². The molecule has 4 heteroatoms. The van der Waals surface area contributed by atoms with Crippen LogP contribution in [0.4, 0.5) is 0 Å². The number of esters is 1. The van der Waals surface area contributed by atoms with Crippen LogP contribution in [0.1, 0.15) is 78.1 Å². The van der Waals surface area contributed by atoms with Gasteiger partial charge in [0.2, 0.25) is 0 Å². The van der Waals surface area contributed by atoms with Crippen LogP contribution in [-0.4, -0.2) is 36.0 Å². The van der Waals surface area contributed by atoms with Crippen molar-refractivity contribution < 1.29 is 19.0 Å². The van der Waals surface area contributed by atoms with Gasteiger partial charge in [-0.05, 0) is 76.5 Å². The lowest BCUT2D eigenvalue weighted by molar-refractivity contribution is -0.233. The first-order valence-electron chi connectivity index (χ1n) is 10.5. The summed E-state index contributed by atoms with van der Waals surface area (Å²) >= 11 is 0. The molecule has 146 valence electrons. The molecule has 5 fully saturated rings.